The Morgan fingerprint density at radius 1 is 1.32 bits per heavy atom. The van der Waals surface area contributed by atoms with Gasteiger partial charge in [-0.3, -0.25) is 9.67 Å². The number of aliphatic imine (C=N–C) groups is 1. The molecular formula is C16H32N6O2S. The Morgan fingerprint density at radius 2 is 2.00 bits per heavy atom. The molecule has 9 heteroatoms. The normalized spacial score (nSPS) is 13.1. The van der Waals surface area contributed by atoms with Crippen LogP contribution < -0.4 is 15.4 Å². The number of rotatable bonds is 9. The molecule has 0 fully saturated rings. The minimum absolute atomic E-state index is 0.340. The lowest BCUT2D eigenvalue weighted by Crippen LogP contribution is -2.46. The van der Waals surface area contributed by atoms with Crippen LogP contribution in [0.3, 0.4) is 0 Å². The van der Waals surface area contributed by atoms with E-state index in [1.165, 1.54) is 0 Å². The first-order valence-corrected chi connectivity index (χ1v) is 10.4. The molecule has 0 aliphatic rings. The first-order valence-electron chi connectivity index (χ1n) is 8.54. The highest BCUT2D eigenvalue weighted by molar-refractivity contribution is 7.88. The lowest BCUT2D eigenvalue weighted by molar-refractivity contribution is 0.464. The maximum atomic E-state index is 11.4. The average Bonchev–Trinajstić information content (AvgIpc) is 2.76. The number of aromatic nitrogens is 2. The number of hydrogen-bond donors (Lipinski definition) is 3. The second kappa shape index (κ2) is 9.19. The molecule has 0 atom stereocenters. The van der Waals surface area contributed by atoms with Crippen molar-refractivity contribution in [3.63, 3.8) is 0 Å². The fourth-order valence-electron chi connectivity index (χ4n) is 2.49. The van der Waals surface area contributed by atoms with Crippen molar-refractivity contribution in [3.8, 4) is 0 Å². The molecule has 8 nitrogen and oxygen atoms in total. The van der Waals surface area contributed by atoms with Crippen LogP contribution >= 0.6 is 0 Å². The Bertz CT molecular complexity index is 679. The zero-order valence-electron chi connectivity index (χ0n) is 16.2. The first-order chi connectivity index (χ1) is 11.5. The zero-order valence-corrected chi connectivity index (χ0v) is 17.0. The quantitative estimate of drug-likeness (QED) is 0.338. The van der Waals surface area contributed by atoms with E-state index in [-0.39, 0.29) is 0 Å². The second-order valence-corrected chi connectivity index (χ2v) is 8.63. The van der Waals surface area contributed by atoms with Crippen molar-refractivity contribution in [2.45, 2.75) is 53.1 Å². The summed E-state index contributed by atoms with van der Waals surface area (Å²) in [5.74, 6) is 0.680. The Labute approximate surface area is 151 Å². The van der Waals surface area contributed by atoms with Gasteiger partial charge in [-0.15, -0.1) is 0 Å². The predicted octanol–water partition coefficient (Wildman–Crippen LogP) is 0.773. The number of guanidine groups is 1. The predicted molar refractivity (Wildman–Crippen MR) is 102 cm³/mol. The molecule has 25 heavy (non-hydrogen) atoms. The van der Waals surface area contributed by atoms with Gasteiger partial charge in [-0.1, -0.05) is 0 Å². The molecule has 0 aliphatic heterocycles. The SMILES string of the molecule is CCNC(=NCC(C)(C)NS(C)(=O)=O)NCCCn1nc(C)cc1C. The third kappa shape index (κ3) is 8.87. The molecule has 0 aliphatic carbocycles. The van der Waals surface area contributed by atoms with E-state index < -0.39 is 15.6 Å². The topological polar surface area (TPSA) is 100 Å². The first kappa shape index (κ1) is 21.4. The summed E-state index contributed by atoms with van der Waals surface area (Å²) in [4.78, 5) is 4.48. The highest BCUT2D eigenvalue weighted by Crippen LogP contribution is 2.04. The van der Waals surface area contributed by atoms with E-state index in [1.807, 2.05) is 32.4 Å². The molecule has 0 amide bonds. The third-order valence-corrected chi connectivity index (χ3v) is 4.30. The number of hydrogen-bond acceptors (Lipinski definition) is 4. The lowest BCUT2D eigenvalue weighted by atomic mass is 10.1. The molecule has 0 saturated heterocycles. The van der Waals surface area contributed by atoms with Crippen LogP contribution in [-0.4, -0.2) is 55.6 Å². The third-order valence-electron chi connectivity index (χ3n) is 3.38. The molecule has 0 aromatic carbocycles. The summed E-state index contributed by atoms with van der Waals surface area (Å²) in [5.41, 5.74) is 1.55. The smallest absolute Gasteiger partial charge is 0.209 e. The summed E-state index contributed by atoms with van der Waals surface area (Å²) in [6.07, 6.45) is 2.07. The van der Waals surface area contributed by atoms with Crippen molar-refractivity contribution in [3.05, 3.63) is 17.5 Å². The number of aryl methyl sites for hydroxylation is 3. The fraction of sp³-hybridized carbons (Fsp3) is 0.750. The van der Waals surface area contributed by atoms with Gasteiger partial charge in [0.2, 0.25) is 10.0 Å². The summed E-state index contributed by atoms with van der Waals surface area (Å²) >= 11 is 0. The number of nitrogens with one attached hydrogen (secondary N) is 3. The number of nitrogens with zero attached hydrogens (tertiary/aromatic N) is 3. The van der Waals surface area contributed by atoms with E-state index in [4.69, 9.17) is 0 Å². The standard InChI is InChI=1S/C16H32N6O2S/c1-7-17-15(19-12-16(4,5)21-25(6,23)24)18-9-8-10-22-14(3)11-13(2)20-22/h11,21H,7-10,12H2,1-6H3,(H2,17,18,19). The van der Waals surface area contributed by atoms with Crippen molar-refractivity contribution in [2.24, 2.45) is 4.99 Å². The minimum Gasteiger partial charge on any atom is -0.357 e. The van der Waals surface area contributed by atoms with Gasteiger partial charge >= 0.3 is 0 Å². The summed E-state index contributed by atoms with van der Waals surface area (Å²) in [6.45, 7) is 12.3. The fourth-order valence-corrected chi connectivity index (χ4v) is 3.56. The van der Waals surface area contributed by atoms with Crippen LogP contribution in [0.2, 0.25) is 0 Å². The summed E-state index contributed by atoms with van der Waals surface area (Å²) in [7, 11) is -3.27. The van der Waals surface area contributed by atoms with Crippen LogP contribution in [0.4, 0.5) is 0 Å². The summed E-state index contributed by atoms with van der Waals surface area (Å²) < 4.78 is 27.4. The van der Waals surface area contributed by atoms with Crippen molar-refractivity contribution in [1.29, 1.82) is 0 Å². The van der Waals surface area contributed by atoms with Gasteiger partial charge in [0.25, 0.3) is 0 Å². The molecule has 0 bridgehead atoms. The second-order valence-electron chi connectivity index (χ2n) is 6.88. The molecule has 1 rings (SSSR count). The van der Waals surface area contributed by atoms with Gasteiger partial charge in [-0.05, 0) is 47.1 Å². The minimum atomic E-state index is -3.27. The van der Waals surface area contributed by atoms with E-state index in [1.54, 1.807) is 0 Å². The zero-order chi connectivity index (χ0) is 19.1. The van der Waals surface area contributed by atoms with E-state index in [2.05, 4.69) is 38.4 Å². The van der Waals surface area contributed by atoms with Gasteiger partial charge in [-0.25, -0.2) is 13.1 Å². The highest BCUT2D eigenvalue weighted by atomic mass is 32.2. The summed E-state index contributed by atoms with van der Waals surface area (Å²) in [5, 5.41) is 10.9. The molecule has 0 radical (unpaired) electrons. The molecule has 0 saturated carbocycles. The Kier molecular flexibility index (Phi) is 7.88. The van der Waals surface area contributed by atoms with Crippen LogP contribution in [-0.2, 0) is 16.6 Å². The van der Waals surface area contributed by atoms with Crippen LogP contribution in [0.15, 0.2) is 11.1 Å². The van der Waals surface area contributed by atoms with Crippen molar-refractivity contribution >= 4 is 16.0 Å². The van der Waals surface area contributed by atoms with Crippen LogP contribution in [0, 0.1) is 13.8 Å². The molecule has 0 unspecified atom stereocenters. The molecule has 1 heterocycles. The lowest BCUT2D eigenvalue weighted by Gasteiger charge is -2.23. The molecule has 144 valence electrons. The molecule has 1 aromatic rings. The van der Waals surface area contributed by atoms with Crippen LogP contribution in [0.5, 0.6) is 0 Å². The van der Waals surface area contributed by atoms with E-state index in [0.717, 1.165) is 43.7 Å². The van der Waals surface area contributed by atoms with E-state index >= 15 is 0 Å². The molecule has 0 spiro atoms. The monoisotopic (exact) mass is 372 g/mol. The van der Waals surface area contributed by atoms with Gasteiger partial charge in [0.15, 0.2) is 5.96 Å². The van der Waals surface area contributed by atoms with Crippen molar-refractivity contribution in [1.82, 2.24) is 25.1 Å². The highest BCUT2D eigenvalue weighted by Gasteiger charge is 2.21. The van der Waals surface area contributed by atoms with Gasteiger partial charge in [0.05, 0.1) is 18.5 Å². The average molecular weight is 373 g/mol. The summed E-state index contributed by atoms with van der Waals surface area (Å²) in [6, 6.07) is 2.07. The molecule has 1 aromatic heterocycles. The molecule has 3 N–H and O–H groups in total. The van der Waals surface area contributed by atoms with Crippen LogP contribution in [0.25, 0.3) is 0 Å². The van der Waals surface area contributed by atoms with E-state index in [0.29, 0.717) is 12.5 Å². The largest absolute Gasteiger partial charge is 0.357 e. The Morgan fingerprint density at radius 3 is 2.52 bits per heavy atom. The number of sulfonamides is 1. The van der Waals surface area contributed by atoms with Gasteiger partial charge < -0.3 is 10.6 Å². The Hall–Kier alpha value is -1.61. The van der Waals surface area contributed by atoms with Gasteiger partial charge in [-0.2, -0.15) is 5.10 Å². The maximum Gasteiger partial charge on any atom is 0.209 e. The van der Waals surface area contributed by atoms with Crippen molar-refractivity contribution in [2.75, 3.05) is 25.9 Å². The maximum absolute atomic E-state index is 11.4. The van der Waals surface area contributed by atoms with Crippen molar-refractivity contribution < 1.29 is 8.42 Å². The Balaban J connectivity index is 2.51. The van der Waals surface area contributed by atoms with E-state index in [9.17, 15) is 8.42 Å². The van der Waals surface area contributed by atoms with Gasteiger partial charge in [0, 0.05) is 30.9 Å². The van der Waals surface area contributed by atoms with Crippen LogP contribution in [0.1, 0.15) is 38.6 Å². The molecular weight excluding hydrogens is 340 g/mol. The van der Waals surface area contributed by atoms with Gasteiger partial charge in [0.1, 0.15) is 0 Å².